The van der Waals surface area contributed by atoms with Crippen molar-refractivity contribution in [2.45, 2.75) is 19.4 Å². The van der Waals surface area contributed by atoms with Crippen LogP contribution in [0.4, 0.5) is 0 Å². The molecule has 2 saturated heterocycles. The highest BCUT2D eigenvalue weighted by atomic mass is 127. The molecule has 0 aromatic carbocycles. The van der Waals surface area contributed by atoms with E-state index in [1.54, 1.807) is 4.31 Å². The third-order valence-electron chi connectivity index (χ3n) is 5.13. The quantitative estimate of drug-likeness (QED) is 0.239. The largest absolute Gasteiger partial charge is 0.357 e. The molecule has 3 heterocycles. The molecule has 7 nitrogen and oxygen atoms in total. The molecular weight excluding hydrogens is 497 g/mol. The Balaban J connectivity index is 0.00000261. The fourth-order valence-corrected chi connectivity index (χ4v) is 6.12. The van der Waals surface area contributed by atoms with E-state index < -0.39 is 10.0 Å². The average Bonchev–Trinajstić information content (AvgIpc) is 3.33. The molecule has 1 unspecified atom stereocenters. The number of rotatable bonds is 6. The Morgan fingerprint density at radius 3 is 2.59 bits per heavy atom. The number of guanidine groups is 1. The van der Waals surface area contributed by atoms with Crippen LogP contribution in [-0.4, -0.2) is 104 Å². The SMILES string of the molecule is CCNC(=NCCS(=O)(=O)N1CCSCC1)N1CCC(N2CC=CC2)C1.I. The number of likely N-dealkylation sites (tertiary alicyclic amines) is 1. The minimum atomic E-state index is -3.19. The molecule has 0 bridgehead atoms. The first-order valence-electron chi connectivity index (χ1n) is 9.58. The van der Waals surface area contributed by atoms with Gasteiger partial charge in [0.2, 0.25) is 10.0 Å². The first-order valence-corrected chi connectivity index (χ1v) is 12.3. The van der Waals surface area contributed by atoms with Crippen molar-refractivity contribution in [2.24, 2.45) is 4.99 Å². The Kier molecular flexibility index (Phi) is 9.66. The second-order valence-electron chi connectivity index (χ2n) is 6.88. The van der Waals surface area contributed by atoms with Crippen LogP contribution in [-0.2, 0) is 10.0 Å². The molecule has 0 amide bonds. The molecule has 0 radical (unpaired) electrons. The van der Waals surface area contributed by atoms with Gasteiger partial charge in [0.25, 0.3) is 0 Å². The van der Waals surface area contributed by atoms with Gasteiger partial charge in [-0.2, -0.15) is 11.8 Å². The highest BCUT2D eigenvalue weighted by Gasteiger charge is 2.30. The minimum Gasteiger partial charge on any atom is -0.357 e. The Bertz CT molecular complexity index is 615. The monoisotopic (exact) mass is 529 g/mol. The van der Waals surface area contributed by atoms with E-state index >= 15 is 0 Å². The predicted molar refractivity (Wildman–Crippen MR) is 125 cm³/mol. The Hall–Kier alpha value is -0.0400. The molecule has 0 spiro atoms. The van der Waals surface area contributed by atoms with Crippen molar-refractivity contribution in [3.8, 4) is 0 Å². The van der Waals surface area contributed by atoms with Gasteiger partial charge in [0.1, 0.15) is 0 Å². The van der Waals surface area contributed by atoms with Gasteiger partial charge in [-0.1, -0.05) is 12.2 Å². The van der Waals surface area contributed by atoms with Gasteiger partial charge in [0.05, 0.1) is 12.3 Å². The summed E-state index contributed by atoms with van der Waals surface area (Å²) in [5.74, 6) is 2.74. The topological polar surface area (TPSA) is 68.2 Å². The van der Waals surface area contributed by atoms with Gasteiger partial charge >= 0.3 is 0 Å². The first kappa shape index (κ1) is 23.2. The lowest BCUT2D eigenvalue weighted by Gasteiger charge is -2.26. The van der Waals surface area contributed by atoms with Gasteiger partial charge in [0, 0.05) is 63.4 Å². The summed E-state index contributed by atoms with van der Waals surface area (Å²) in [7, 11) is -3.19. The van der Waals surface area contributed by atoms with Crippen LogP contribution in [0.25, 0.3) is 0 Å². The molecule has 0 aliphatic carbocycles. The number of aliphatic imine (C=N–C) groups is 1. The number of sulfonamides is 1. The van der Waals surface area contributed by atoms with E-state index in [0.29, 0.717) is 25.7 Å². The van der Waals surface area contributed by atoms with Crippen LogP contribution in [0.2, 0.25) is 0 Å². The zero-order valence-electron chi connectivity index (χ0n) is 16.0. The van der Waals surface area contributed by atoms with E-state index in [1.807, 2.05) is 11.8 Å². The summed E-state index contributed by atoms with van der Waals surface area (Å²) >= 11 is 1.82. The van der Waals surface area contributed by atoms with Gasteiger partial charge in [-0.3, -0.25) is 9.89 Å². The van der Waals surface area contributed by atoms with Crippen LogP contribution >= 0.6 is 35.7 Å². The molecular formula is C17H32IN5O2S2. The van der Waals surface area contributed by atoms with Gasteiger partial charge < -0.3 is 10.2 Å². The Labute approximate surface area is 185 Å². The summed E-state index contributed by atoms with van der Waals surface area (Å²) < 4.78 is 26.6. The molecule has 3 rings (SSSR count). The average molecular weight is 530 g/mol. The van der Waals surface area contributed by atoms with E-state index in [-0.39, 0.29) is 29.7 Å². The predicted octanol–water partition coefficient (Wildman–Crippen LogP) is 0.895. The van der Waals surface area contributed by atoms with Crippen molar-refractivity contribution in [3.05, 3.63) is 12.2 Å². The van der Waals surface area contributed by atoms with Crippen molar-refractivity contribution >= 4 is 51.7 Å². The number of hydrogen-bond acceptors (Lipinski definition) is 5. The van der Waals surface area contributed by atoms with E-state index in [0.717, 1.165) is 56.6 Å². The number of halogens is 1. The molecule has 27 heavy (non-hydrogen) atoms. The van der Waals surface area contributed by atoms with Crippen molar-refractivity contribution in [2.75, 3.05) is 69.6 Å². The van der Waals surface area contributed by atoms with Crippen LogP contribution in [0.15, 0.2) is 17.1 Å². The minimum absolute atomic E-state index is 0. The standard InChI is InChI=1S/C17H31N5O2S2.HI/c1-2-18-17(21-9-5-16(15-21)20-7-3-4-8-20)19-6-14-26(23,24)22-10-12-25-13-11-22;/h3-4,16H,2,5-15H2,1H3,(H,18,19);1H. The number of hydrogen-bond donors (Lipinski definition) is 1. The molecule has 1 N–H and O–H groups in total. The van der Waals surface area contributed by atoms with Crippen LogP contribution in [0, 0.1) is 0 Å². The molecule has 3 aliphatic rings. The lowest BCUT2D eigenvalue weighted by molar-refractivity contribution is 0.259. The second kappa shape index (κ2) is 11.2. The van der Waals surface area contributed by atoms with E-state index in [2.05, 4.69) is 39.2 Å². The molecule has 0 aromatic heterocycles. The van der Waals surface area contributed by atoms with Crippen LogP contribution in [0.5, 0.6) is 0 Å². The van der Waals surface area contributed by atoms with E-state index in [1.165, 1.54) is 0 Å². The van der Waals surface area contributed by atoms with Crippen LogP contribution in [0.3, 0.4) is 0 Å². The fourth-order valence-electron chi connectivity index (χ4n) is 3.67. The number of nitrogens with one attached hydrogen (secondary N) is 1. The van der Waals surface area contributed by atoms with Gasteiger partial charge in [-0.25, -0.2) is 12.7 Å². The summed E-state index contributed by atoms with van der Waals surface area (Å²) in [5.41, 5.74) is 0. The fraction of sp³-hybridized carbons (Fsp3) is 0.824. The number of thioether (sulfide) groups is 1. The van der Waals surface area contributed by atoms with E-state index in [9.17, 15) is 8.42 Å². The maximum absolute atomic E-state index is 12.5. The molecule has 2 fully saturated rings. The van der Waals surface area contributed by atoms with Gasteiger partial charge in [0.15, 0.2) is 5.96 Å². The third kappa shape index (κ3) is 6.48. The van der Waals surface area contributed by atoms with Crippen molar-refractivity contribution in [1.29, 1.82) is 0 Å². The van der Waals surface area contributed by atoms with Gasteiger partial charge in [-0.05, 0) is 13.3 Å². The highest BCUT2D eigenvalue weighted by Crippen LogP contribution is 2.18. The molecule has 156 valence electrons. The molecule has 1 atom stereocenters. The lowest BCUT2D eigenvalue weighted by atomic mass is 10.2. The first-order chi connectivity index (χ1) is 12.6. The maximum Gasteiger partial charge on any atom is 0.215 e. The zero-order chi connectivity index (χ0) is 18.4. The summed E-state index contributed by atoms with van der Waals surface area (Å²) in [5, 5.41) is 3.33. The van der Waals surface area contributed by atoms with Crippen LogP contribution < -0.4 is 5.32 Å². The summed E-state index contributed by atoms with van der Waals surface area (Å²) in [4.78, 5) is 9.39. The molecule has 0 saturated carbocycles. The lowest BCUT2D eigenvalue weighted by Crippen LogP contribution is -2.43. The highest BCUT2D eigenvalue weighted by molar-refractivity contribution is 14.0. The van der Waals surface area contributed by atoms with Crippen molar-refractivity contribution < 1.29 is 8.42 Å². The van der Waals surface area contributed by atoms with E-state index in [4.69, 9.17) is 0 Å². The maximum atomic E-state index is 12.5. The normalized spacial score (nSPS) is 25.0. The number of nitrogens with zero attached hydrogens (tertiary/aromatic N) is 4. The molecule has 10 heteroatoms. The van der Waals surface area contributed by atoms with Crippen molar-refractivity contribution in [3.63, 3.8) is 0 Å². The van der Waals surface area contributed by atoms with Crippen LogP contribution in [0.1, 0.15) is 13.3 Å². The third-order valence-corrected chi connectivity index (χ3v) is 7.93. The second-order valence-corrected chi connectivity index (χ2v) is 10.2. The molecule has 0 aromatic rings. The zero-order valence-corrected chi connectivity index (χ0v) is 20.0. The molecule has 3 aliphatic heterocycles. The van der Waals surface area contributed by atoms with Gasteiger partial charge in [-0.15, -0.1) is 24.0 Å². The summed E-state index contributed by atoms with van der Waals surface area (Å²) in [6.45, 7) is 8.45. The summed E-state index contributed by atoms with van der Waals surface area (Å²) in [6, 6.07) is 0.559. The Morgan fingerprint density at radius 1 is 1.22 bits per heavy atom. The van der Waals surface area contributed by atoms with Crippen molar-refractivity contribution in [1.82, 2.24) is 19.4 Å². The summed E-state index contributed by atoms with van der Waals surface area (Å²) in [6.07, 6.45) is 5.59. The Morgan fingerprint density at radius 2 is 1.93 bits per heavy atom. The smallest absolute Gasteiger partial charge is 0.215 e.